The summed E-state index contributed by atoms with van der Waals surface area (Å²) in [5.41, 5.74) is 1.55. The summed E-state index contributed by atoms with van der Waals surface area (Å²) in [6, 6.07) is 0. The Morgan fingerprint density at radius 2 is 2.36 bits per heavy atom. The molecule has 0 N–H and O–H groups in total. The van der Waals surface area contributed by atoms with Crippen LogP contribution >= 0.6 is 23.4 Å². The van der Waals surface area contributed by atoms with Gasteiger partial charge in [0.15, 0.2) is 0 Å². The van der Waals surface area contributed by atoms with Crippen molar-refractivity contribution in [2.24, 2.45) is 0 Å². The van der Waals surface area contributed by atoms with Crippen molar-refractivity contribution in [1.82, 2.24) is 0 Å². The van der Waals surface area contributed by atoms with Crippen LogP contribution in [0.25, 0.3) is 0 Å². The molecule has 0 spiro atoms. The molecule has 0 saturated heterocycles. The Kier molecular flexibility index (Phi) is 8.00. The van der Waals surface area contributed by atoms with E-state index >= 15 is 0 Å². The van der Waals surface area contributed by atoms with Crippen molar-refractivity contribution in [3.8, 4) is 11.2 Å². The van der Waals surface area contributed by atoms with Crippen LogP contribution in [0.5, 0.6) is 0 Å². The second kappa shape index (κ2) is 8.04. The molecule has 0 amide bonds. The fourth-order valence-electron chi connectivity index (χ4n) is 0.455. The third kappa shape index (κ3) is 7.84. The molecule has 11 heavy (non-hydrogen) atoms. The average molecular weight is 189 g/mol. The summed E-state index contributed by atoms with van der Waals surface area (Å²) in [7, 11) is 0. The molecule has 0 aliphatic rings. The Labute approximate surface area is 78.4 Å². The first-order valence-electron chi connectivity index (χ1n) is 3.73. The lowest BCUT2D eigenvalue weighted by Crippen LogP contribution is -1.66. The van der Waals surface area contributed by atoms with Crippen LogP contribution in [0, 0.1) is 11.2 Å². The standard InChI is InChI=1S/C9H13ClS/c1-3-4-5-6-7-11-9(2)8-10/h8H,3-5H2,1-2H3/b9-8+. The maximum atomic E-state index is 5.44. The number of hydrogen-bond donors (Lipinski definition) is 0. The van der Waals surface area contributed by atoms with Crippen molar-refractivity contribution >= 4 is 23.4 Å². The van der Waals surface area contributed by atoms with Gasteiger partial charge in [0.2, 0.25) is 0 Å². The lowest BCUT2D eigenvalue weighted by molar-refractivity contribution is 0.828. The Hall–Kier alpha value is -0.0600. The van der Waals surface area contributed by atoms with Gasteiger partial charge in [-0.15, -0.1) is 0 Å². The molecule has 62 valence electrons. The van der Waals surface area contributed by atoms with Crippen LogP contribution in [-0.2, 0) is 0 Å². The summed E-state index contributed by atoms with van der Waals surface area (Å²) in [5.74, 6) is 3.07. The van der Waals surface area contributed by atoms with Crippen LogP contribution in [0.3, 0.4) is 0 Å². The normalized spacial score (nSPS) is 10.6. The van der Waals surface area contributed by atoms with Gasteiger partial charge < -0.3 is 0 Å². The zero-order valence-corrected chi connectivity index (χ0v) is 8.56. The predicted molar refractivity (Wildman–Crippen MR) is 54.5 cm³/mol. The van der Waals surface area contributed by atoms with Gasteiger partial charge in [-0.05, 0) is 30.4 Å². The Morgan fingerprint density at radius 1 is 1.64 bits per heavy atom. The van der Waals surface area contributed by atoms with Crippen LogP contribution in [0.4, 0.5) is 0 Å². The molecule has 0 aromatic heterocycles. The van der Waals surface area contributed by atoms with Crippen molar-refractivity contribution in [1.29, 1.82) is 0 Å². The minimum atomic E-state index is 0.999. The molecule has 0 nitrogen and oxygen atoms in total. The summed E-state index contributed by atoms with van der Waals surface area (Å²) >= 11 is 6.94. The van der Waals surface area contributed by atoms with Crippen LogP contribution < -0.4 is 0 Å². The van der Waals surface area contributed by atoms with Gasteiger partial charge >= 0.3 is 0 Å². The van der Waals surface area contributed by atoms with Gasteiger partial charge in [-0.2, -0.15) is 0 Å². The third-order valence-corrected chi connectivity index (χ3v) is 2.24. The summed E-state index contributed by atoms with van der Waals surface area (Å²) in [5, 5.41) is 2.98. The largest absolute Gasteiger partial charge is 0.0921 e. The molecule has 0 aromatic rings. The molecular formula is C9H13ClS. The van der Waals surface area contributed by atoms with Crippen LogP contribution in [0.1, 0.15) is 33.1 Å². The molecule has 0 heterocycles. The van der Waals surface area contributed by atoms with Crippen LogP contribution in [0.15, 0.2) is 10.4 Å². The molecule has 0 aromatic carbocycles. The van der Waals surface area contributed by atoms with Gasteiger partial charge in [-0.1, -0.05) is 30.9 Å². The molecule has 0 aliphatic carbocycles. The van der Waals surface area contributed by atoms with E-state index in [2.05, 4.69) is 18.1 Å². The lowest BCUT2D eigenvalue weighted by atomic mass is 10.3. The van der Waals surface area contributed by atoms with Gasteiger partial charge in [0.05, 0.1) is 0 Å². The number of halogens is 1. The van der Waals surface area contributed by atoms with E-state index in [1.807, 2.05) is 6.92 Å². The molecule has 0 unspecified atom stereocenters. The molecule has 0 atom stereocenters. The first-order valence-corrected chi connectivity index (χ1v) is 4.98. The fourth-order valence-corrected chi connectivity index (χ4v) is 0.968. The van der Waals surface area contributed by atoms with Crippen molar-refractivity contribution in [3.05, 3.63) is 10.4 Å². The van der Waals surface area contributed by atoms with Crippen molar-refractivity contribution in [2.75, 3.05) is 0 Å². The molecular weight excluding hydrogens is 176 g/mol. The quantitative estimate of drug-likeness (QED) is 0.477. The molecule has 0 aliphatic heterocycles. The number of thioether (sulfide) groups is 1. The lowest BCUT2D eigenvalue weighted by Gasteiger charge is -1.86. The molecule has 0 bridgehead atoms. The molecule has 0 saturated carbocycles. The van der Waals surface area contributed by atoms with Crippen molar-refractivity contribution < 1.29 is 0 Å². The maximum absolute atomic E-state index is 5.44. The van der Waals surface area contributed by atoms with E-state index in [-0.39, 0.29) is 0 Å². The highest BCUT2D eigenvalue weighted by molar-refractivity contribution is 8.07. The topological polar surface area (TPSA) is 0 Å². The number of rotatable bonds is 3. The Balaban J connectivity index is 3.40. The van der Waals surface area contributed by atoms with Crippen LogP contribution in [0.2, 0.25) is 0 Å². The van der Waals surface area contributed by atoms with Gasteiger partial charge in [-0.3, -0.25) is 0 Å². The molecule has 0 rings (SSSR count). The van der Waals surface area contributed by atoms with Crippen molar-refractivity contribution in [2.45, 2.75) is 33.1 Å². The van der Waals surface area contributed by atoms with Gasteiger partial charge in [-0.25, -0.2) is 0 Å². The summed E-state index contributed by atoms with van der Waals surface area (Å²) in [6.07, 6.45) is 3.40. The highest BCUT2D eigenvalue weighted by atomic mass is 35.5. The van der Waals surface area contributed by atoms with E-state index in [4.69, 9.17) is 11.6 Å². The average Bonchev–Trinajstić information content (AvgIpc) is 2.04. The molecule has 0 radical (unpaired) electrons. The third-order valence-electron chi connectivity index (χ3n) is 1.09. The van der Waals surface area contributed by atoms with Gasteiger partial charge in [0.1, 0.15) is 0 Å². The van der Waals surface area contributed by atoms with E-state index in [9.17, 15) is 0 Å². The van der Waals surface area contributed by atoms with E-state index in [1.54, 1.807) is 5.54 Å². The van der Waals surface area contributed by atoms with Gasteiger partial charge in [0, 0.05) is 16.9 Å². The smallest absolute Gasteiger partial charge is 0.0145 e. The highest BCUT2D eigenvalue weighted by Crippen LogP contribution is 2.13. The SMILES string of the molecule is CCCCC#CS/C(C)=C/Cl. The zero-order valence-electron chi connectivity index (χ0n) is 6.98. The number of hydrogen-bond acceptors (Lipinski definition) is 1. The fraction of sp³-hybridized carbons (Fsp3) is 0.556. The number of allylic oxidation sites excluding steroid dienone is 1. The highest BCUT2D eigenvalue weighted by Gasteiger charge is 1.82. The zero-order chi connectivity index (χ0) is 8.53. The predicted octanol–water partition coefficient (Wildman–Crippen LogP) is 3.97. The monoisotopic (exact) mass is 188 g/mol. The second-order valence-corrected chi connectivity index (χ2v) is 3.47. The minimum Gasteiger partial charge on any atom is -0.0921 e. The minimum absolute atomic E-state index is 0.999. The van der Waals surface area contributed by atoms with E-state index in [0.717, 1.165) is 11.3 Å². The van der Waals surface area contributed by atoms with Crippen molar-refractivity contribution in [3.63, 3.8) is 0 Å². The molecule has 2 heteroatoms. The van der Waals surface area contributed by atoms with E-state index < -0.39 is 0 Å². The maximum Gasteiger partial charge on any atom is 0.0145 e. The Morgan fingerprint density at radius 3 is 2.91 bits per heavy atom. The van der Waals surface area contributed by atoms with E-state index in [1.165, 1.54) is 24.6 Å². The number of unbranched alkanes of at least 4 members (excludes halogenated alkanes) is 2. The van der Waals surface area contributed by atoms with Gasteiger partial charge in [0.25, 0.3) is 0 Å². The molecule has 0 fully saturated rings. The summed E-state index contributed by atoms with van der Waals surface area (Å²) in [4.78, 5) is 1.05. The Bertz CT molecular complexity index is 174. The first kappa shape index (κ1) is 10.9. The summed E-state index contributed by atoms with van der Waals surface area (Å²) in [6.45, 7) is 4.12. The summed E-state index contributed by atoms with van der Waals surface area (Å²) < 4.78 is 0. The first-order chi connectivity index (χ1) is 5.31. The van der Waals surface area contributed by atoms with Crippen LogP contribution in [-0.4, -0.2) is 0 Å². The second-order valence-electron chi connectivity index (χ2n) is 2.20. The van der Waals surface area contributed by atoms with E-state index in [0.29, 0.717) is 0 Å².